The topological polar surface area (TPSA) is 26.0 Å². The molecule has 1 aromatic carbocycles. The zero-order valence-electron chi connectivity index (χ0n) is 8.50. The van der Waals surface area contributed by atoms with E-state index in [-0.39, 0.29) is 0 Å². The first-order valence-electron chi connectivity index (χ1n) is 5.28. The third-order valence-electron chi connectivity index (χ3n) is 3.09. The van der Waals surface area contributed by atoms with Crippen molar-refractivity contribution >= 4 is 0 Å². The lowest BCUT2D eigenvalue weighted by molar-refractivity contribution is 0.730. The van der Waals surface area contributed by atoms with Crippen molar-refractivity contribution in [2.24, 2.45) is 5.73 Å². The molecule has 0 amide bonds. The lowest BCUT2D eigenvalue weighted by Gasteiger charge is -2.13. The van der Waals surface area contributed by atoms with Gasteiger partial charge in [-0.15, -0.1) is 0 Å². The molecule has 0 saturated carbocycles. The predicted molar refractivity (Wildman–Crippen MR) is 60.3 cm³/mol. The highest BCUT2D eigenvalue weighted by Crippen LogP contribution is 2.38. The smallest absolute Gasteiger partial charge is 0.00518 e. The van der Waals surface area contributed by atoms with Crippen molar-refractivity contribution in [2.45, 2.75) is 25.2 Å². The summed E-state index contributed by atoms with van der Waals surface area (Å²) in [6, 6.07) is 8.69. The fourth-order valence-electron chi connectivity index (χ4n) is 2.34. The normalized spacial score (nSPS) is 19.4. The SMILES string of the molecule is C=C(CCN)C1CCc2ccccc21. The van der Waals surface area contributed by atoms with E-state index in [2.05, 4.69) is 30.8 Å². The summed E-state index contributed by atoms with van der Waals surface area (Å²) in [7, 11) is 0. The third kappa shape index (κ3) is 1.60. The maximum absolute atomic E-state index is 5.56. The molecule has 2 N–H and O–H groups in total. The van der Waals surface area contributed by atoms with Crippen molar-refractivity contribution in [3.8, 4) is 0 Å². The zero-order valence-corrected chi connectivity index (χ0v) is 8.50. The van der Waals surface area contributed by atoms with Gasteiger partial charge in [0.2, 0.25) is 0 Å². The van der Waals surface area contributed by atoms with Gasteiger partial charge in [0.05, 0.1) is 0 Å². The summed E-state index contributed by atoms with van der Waals surface area (Å²) in [6.07, 6.45) is 3.38. The number of hydrogen-bond acceptors (Lipinski definition) is 1. The molecule has 0 fully saturated rings. The molecule has 0 radical (unpaired) electrons. The molecule has 0 spiro atoms. The molecule has 0 bridgehead atoms. The molecule has 0 saturated heterocycles. The molecule has 74 valence electrons. The van der Waals surface area contributed by atoms with Gasteiger partial charge in [0, 0.05) is 5.92 Å². The fourth-order valence-corrected chi connectivity index (χ4v) is 2.34. The van der Waals surface area contributed by atoms with E-state index in [4.69, 9.17) is 5.73 Å². The Morgan fingerprint density at radius 2 is 2.21 bits per heavy atom. The predicted octanol–water partition coefficient (Wildman–Crippen LogP) is 2.62. The third-order valence-corrected chi connectivity index (χ3v) is 3.09. The van der Waals surface area contributed by atoms with Crippen LogP contribution in [0.15, 0.2) is 36.4 Å². The molecule has 2 rings (SSSR count). The van der Waals surface area contributed by atoms with Crippen LogP contribution in [-0.4, -0.2) is 6.54 Å². The van der Waals surface area contributed by atoms with Crippen molar-refractivity contribution in [1.82, 2.24) is 0 Å². The van der Waals surface area contributed by atoms with Gasteiger partial charge in [0.15, 0.2) is 0 Å². The molecule has 1 heteroatoms. The van der Waals surface area contributed by atoms with Crippen LogP contribution in [-0.2, 0) is 6.42 Å². The summed E-state index contributed by atoms with van der Waals surface area (Å²) in [4.78, 5) is 0. The molecule has 1 nitrogen and oxygen atoms in total. The number of benzene rings is 1. The van der Waals surface area contributed by atoms with E-state index in [9.17, 15) is 0 Å². The molecule has 14 heavy (non-hydrogen) atoms. The van der Waals surface area contributed by atoms with Crippen molar-refractivity contribution < 1.29 is 0 Å². The minimum atomic E-state index is 0.565. The van der Waals surface area contributed by atoms with Gasteiger partial charge in [-0.3, -0.25) is 0 Å². The van der Waals surface area contributed by atoms with Crippen LogP contribution in [0.1, 0.15) is 29.9 Å². The Kier molecular flexibility index (Phi) is 2.69. The lowest BCUT2D eigenvalue weighted by atomic mass is 9.92. The monoisotopic (exact) mass is 187 g/mol. The van der Waals surface area contributed by atoms with Gasteiger partial charge in [-0.2, -0.15) is 0 Å². The molecule has 1 aliphatic rings. The van der Waals surface area contributed by atoms with Gasteiger partial charge in [-0.25, -0.2) is 0 Å². The van der Waals surface area contributed by atoms with E-state index in [1.165, 1.54) is 29.5 Å². The quantitative estimate of drug-likeness (QED) is 0.723. The van der Waals surface area contributed by atoms with Crippen LogP contribution in [0.2, 0.25) is 0 Å². The maximum Gasteiger partial charge on any atom is 0.00518 e. The summed E-state index contributed by atoms with van der Waals surface area (Å²) >= 11 is 0. The Hall–Kier alpha value is -1.08. The Morgan fingerprint density at radius 3 is 3.00 bits per heavy atom. The van der Waals surface area contributed by atoms with Gasteiger partial charge in [-0.1, -0.05) is 36.4 Å². The second-order valence-electron chi connectivity index (χ2n) is 3.99. The van der Waals surface area contributed by atoms with Crippen LogP contribution in [0, 0.1) is 0 Å². The maximum atomic E-state index is 5.56. The van der Waals surface area contributed by atoms with Gasteiger partial charge in [0.25, 0.3) is 0 Å². The first-order chi connectivity index (χ1) is 6.83. The second-order valence-corrected chi connectivity index (χ2v) is 3.99. The fraction of sp³-hybridized carbons (Fsp3) is 0.385. The van der Waals surface area contributed by atoms with Gasteiger partial charge >= 0.3 is 0 Å². The van der Waals surface area contributed by atoms with Crippen LogP contribution in [0.25, 0.3) is 0 Å². The lowest BCUT2D eigenvalue weighted by Crippen LogP contribution is -2.04. The van der Waals surface area contributed by atoms with E-state index >= 15 is 0 Å². The number of aryl methyl sites for hydroxylation is 1. The molecule has 0 aromatic heterocycles. The molecule has 1 aromatic rings. The minimum absolute atomic E-state index is 0.565. The highest BCUT2D eigenvalue weighted by Gasteiger charge is 2.23. The molecule has 0 heterocycles. The van der Waals surface area contributed by atoms with Crippen LogP contribution in [0.4, 0.5) is 0 Å². The molecule has 1 atom stereocenters. The Balaban J connectivity index is 2.21. The Labute approximate surface area is 85.6 Å². The number of hydrogen-bond donors (Lipinski definition) is 1. The van der Waals surface area contributed by atoms with Crippen LogP contribution in [0.3, 0.4) is 0 Å². The van der Waals surface area contributed by atoms with Gasteiger partial charge < -0.3 is 5.73 Å². The molecule has 1 unspecified atom stereocenters. The van der Waals surface area contributed by atoms with E-state index < -0.39 is 0 Å². The van der Waals surface area contributed by atoms with E-state index in [1.807, 2.05) is 0 Å². The highest BCUT2D eigenvalue weighted by atomic mass is 14.5. The van der Waals surface area contributed by atoms with Crippen molar-refractivity contribution in [2.75, 3.05) is 6.54 Å². The van der Waals surface area contributed by atoms with Crippen molar-refractivity contribution in [3.63, 3.8) is 0 Å². The average Bonchev–Trinajstić information content (AvgIpc) is 2.61. The molecular formula is C13H17N. The summed E-state index contributed by atoms with van der Waals surface area (Å²) < 4.78 is 0. The van der Waals surface area contributed by atoms with Crippen molar-refractivity contribution in [3.05, 3.63) is 47.5 Å². The number of fused-ring (bicyclic) bond motifs is 1. The van der Waals surface area contributed by atoms with Crippen LogP contribution < -0.4 is 5.73 Å². The minimum Gasteiger partial charge on any atom is -0.330 e. The average molecular weight is 187 g/mol. The van der Waals surface area contributed by atoms with Crippen molar-refractivity contribution in [1.29, 1.82) is 0 Å². The summed E-state index contributed by atoms with van der Waals surface area (Å²) in [5, 5.41) is 0. The van der Waals surface area contributed by atoms with E-state index in [0.29, 0.717) is 5.92 Å². The highest BCUT2D eigenvalue weighted by molar-refractivity contribution is 5.39. The first kappa shape index (κ1) is 9.47. The first-order valence-corrected chi connectivity index (χ1v) is 5.28. The van der Waals surface area contributed by atoms with E-state index in [0.717, 1.165) is 13.0 Å². The second kappa shape index (κ2) is 3.97. The number of nitrogens with two attached hydrogens (primary N) is 1. The zero-order chi connectivity index (χ0) is 9.97. The van der Waals surface area contributed by atoms with Crippen LogP contribution >= 0.6 is 0 Å². The Morgan fingerprint density at radius 1 is 1.43 bits per heavy atom. The molecule has 1 aliphatic carbocycles. The molecular weight excluding hydrogens is 170 g/mol. The van der Waals surface area contributed by atoms with Gasteiger partial charge in [0.1, 0.15) is 0 Å². The largest absolute Gasteiger partial charge is 0.330 e. The summed E-state index contributed by atoms with van der Waals surface area (Å²) in [5.74, 6) is 0.565. The van der Waals surface area contributed by atoms with E-state index in [1.54, 1.807) is 0 Å². The Bertz CT molecular complexity index is 341. The molecule has 0 aliphatic heterocycles. The summed E-state index contributed by atoms with van der Waals surface area (Å²) in [6.45, 7) is 4.87. The van der Waals surface area contributed by atoms with Crippen LogP contribution in [0.5, 0.6) is 0 Å². The summed E-state index contributed by atoms with van der Waals surface area (Å²) in [5.41, 5.74) is 9.83. The van der Waals surface area contributed by atoms with Gasteiger partial charge in [-0.05, 0) is 36.9 Å². The number of rotatable bonds is 3. The standard InChI is InChI=1S/C13H17N/c1-10(8-9-14)12-7-6-11-4-2-3-5-13(11)12/h2-5,12H,1,6-9,14H2.